The second-order valence-electron chi connectivity index (χ2n) is 4.33. The van der Waals surface area contributed by atoms with Crippen molar-refractivity contribution in [2.45, 2.75) is 25.7 Å². The van der Waals surface area contributed by atoms with Crippen molar-refractivity contribution in [2.24, 2.45) is 0 Å². The SMILES string of the molecule is C#CCN(C)S(=O)(=O)c1c(C)c(C)cc(N)c1C. The number of aryl methyl sites for hydroxylation is 1. The molecule has 1 rings (SSSR count). The summed E-state index contributed by atoms with van der Waals surface area (Å²) in [4.78, 5) is 0.262. The van der Waals surface area contributed by atoms with Crippen LogP contribution < -0.4 is 5.73 Å². The fraction of sp³-hybridized carbons (Fsp3) is 0.385. The Morgan fingerprint density at radius 2 is 1.89 bits per heavy atom. The lowest BCUT2D eigenvalue weighted by molar-refractivity contribution is 0.502. The summed E-state index contributed by atoms with van der Waals surface area (Å²) in [6.07, 6.45) is 5.16. The van der Waals surface area contributed by atoms with Gasteiger partial charge in [-0.05, 0) is 43.5 Å². The van der Waals surface area contributed by atoms with Crippen LogP contribution in [0.15, 0.2) is 11.0 Å². The van der Waals surface area contributed by atoms with Crippen LogP contribution in [0.4, 0.5) is 5.69 Å². The van der Waals surface area contributed by atoms with Crippen LogP contribution >= 0.6 is 0 Å². The molecule has 0 aliphatic carbocycles. The molecule has 0 amide bonds. The number of hydrogen-bond donors (Lipinski definition) is 1. The highest BCUT2D eigenvalue weighted by Crippen LogP contribution is 2.29. The van der Waals surface area contributed by atoms with Gasteiger partial charge in [-0.3, -0.25) is 0 Å². The lowest BCUT2D eigenvalue weighted by Crippen LogP contribution is -2.29. The lowest BCUT2D eigenvalue weighted by atomic mass is 10.1. The van der Waals surface area contributed by atoms with E-state index in [-0.39, 0.29) is 11.4 Å². The molecule has 1 aromatic rings. The summed E-state index contributed by atoms with van der Waals surface area (Å²) in [5.74, 6) is 2.33. The molecule has 0 spiro atoms. The van der Waals surface area contributed by atoms with Gasteiger partial charge in [0.05, 0.1) is 11.4 Å². The van der Waals surface area contributed by atoms with Crippen LogP contribution in [0.2, 0.25) is 0 Å². The van der Waals surface area contributed by atoms with Gasteiger partial charge in [0.1, 0.15) is 0 Å². The molecule has 0 saturated carbocycles. The minimum atomic E-state index is -3.60. The summed E-state index contributed by atoms with van der Waals surface area (Å²) in [7, 11) is -2.13. The number of anilines is 1. The maximum absolute atomic E-state index is 12.4. The molecule has 0 unspecified atom stereocenters. The molecule has 18 heavy (non-hydrogen) atoms. The van der Waals surface area contributed by atoms with Crippen LogP contribution in [-0.4, -0.2) is 26.3 Å². The van der Waals surface area contributed by atoms with Gasteiger partial charge in [-0.2, -0.15) is 4.31 Å². The number of hydrogen-bond acceptors (Lipinski definition) is 3. The van der Waals surface area contributed by atoms with Gasteiger partial charge in [-0.25, -0.2) is 8.42 Å². The molecule has 0 bridgehead atoms. The van der Waals surface area contributed by atoms with Gasteiger partial charge >= 0.3 is 0 Å². The van der Waals surface area contributed by atoms with E-state index in [0.717, 1.165) is 9.87 Å². The predicted molar refractivity (Wildman–Crippen MR) is 73.7 cm³/mol. The second-order valence-corrected chi connectivity index (χ2v) is 6.31. The zero-order valence-corrected chi connectivity index (χ0v) is 11.9. The number of sulfonamides is 1. The Bertz CT molecular complexity index is 587. The van der Waals surface area contributed by atoms with Crippen molar-refractivity contribution in [3.05, 3.63) is 22.8 Å². The van der Waals surface area contributed by atoms with Crippen molar-refractivity contribution in [1.29, 1.82) is 0 Å². The zero-order chi connectivity index (χ0) is 14.1. The van der Waals surface area contributed by atoms with Gasteiger partial charge in [0.2, 0.25) is 10.0 Å². The minimum absolute atomic E-state index is 0.0368. The summed E-state index contributed by atoms with van der Waals surface area (Å²) in [6, 6.07) is 1.78. The number of terminal acetylenes is 1. The number of nitrogens with two attached hydrogens (primary N) is 1. The van der Waals surface area contributed by atoms with Gasteiger partial charge in [-0.1, -0.05) is 5.92 Å². The van der Waals surface area contributed by atoms with Crippen molar-refractivity contribution in [3.63, 3.8) is 0 Å². The maximum atomic E-state index is 12.4. The molecule has 1 aromatic carbocycles. The van der Waals surface area contributed by atoms with Crippen LogP contribution in [0.5, 0.6) is 0 Å². The topological polar surface area (TPSA) is 63.4 Å². The van der Waals surface area contributed by atoms with Crippen molar-refractivity contribution < 1.29 is 8.42 Å². The summed E-state index contributed by atoms with van der Waals surface area (Å²) in [5.41, 5.74) is 8.45. The fourth-order valence-corrected chi connectivity index (χ4v) is 3.41. The van der Waals surface area contributed by atoms with Gasteiger partial charge < -0.3 is 5.73 Å². The van der Waals surface area contributed by atoms with Crippen molar-refractivity contribution >= 4 is 15.7 Å². The predicted octanol–water partition coefficient (Wildman–Crippen LogP) is 1.45. The van der Waals surface area contributed by atoms with E-state index in [1.54, 1.807) is 19.9 Å². The van der Waals surface area contributed by atoms with Crippen molar-refractivity contribution in [3.8, 4) is 12.3 Å². The second kappa shape index (κ2) is 5.01. The molecule has 0 aromatic heterocycles. The summed E-state index contributed by atoms with van der Waals surface area (Å²) < 4.78 is 26.0. The monoisotopic (exact) mass is 266 g/mol. The largest absolute Gasteiger partial charge is 0.398 e. The number of nitrogen functional groups attached to an aromatic ring is 1. The van der Waals surface area contributed by atoms with E-state index >= 15 is 0 Å². The van der Waals surface area contributed by atoms with E-state index in [4.69, 9.17) is 12.2 Å². The van der Waals surface area contributed by atoms with Gasteiger partial charge in [0.15, 0.2) is 0 Å². The first-order valence-electron chi connectivity index (χ1n) is 5.49. The molecule has 0 atom stereocenters. The zero-order valence-electron chi connectivity index (χ0n) is 11.1. The number of nitrogens with zero attached hydrogens (tertiary/aromatic N) is 1. The van der Waals surface area contributed by atoms with E-state index in [1.165, 1.54) is 7.05 Å². The molecule has 2 N–H and O–H groups in total. The third-order valence-corrected chi connectivity index (χ3v) is 5.14. The molecule has 98 valence electrons. The van der Waals surface area contributed by atoms with E-state index < -0.39 is 10.0 Å². The number of rotatable bonds is 3. The molecule has 0 fully saturated rings. The standard InChI is InChI=1S/C13H18N2O2S/c1-6-7-15(5)18(16,17)13-10(3)9(2)8-12(14)11(13)4/h1,8H,7,14H2,2-5H3. The highest BCUT2D eigenvalue weighted by atomic mass is 32.2. The quantitative estimate of drug-likeness (QED) is 0.665. The first-order valence-corrected chi connectivity index (χ1v) is 6.93. The Labute approximate surface area is 109 Å². The molecule has 5 heteroatoms. The first kappa shape index (κ1) is 14.6. The van der Waals surface area contributed by atoms with Crippen molar-refractivity contribution in [2.75, 3.05) is 19.3 Å². The molecule has 4 nitrogen and oxygen atoms in total. The first-order chi connectivity index (χ1) is 8.23. The van der Waals surface area contributed by atoms with Crippen LogP contribution in [0.25, 0.3) is 0 Å². The molecule has 0 saturated heterocycles. The Morgan fingerprint density at radius 1 is 1.33 bits per heavy atom. The Balaban J connectivity index is 3.57. The van der Waals surface area contributed by atoms with Crippen LogP contribution in [-0.2, 0) is 10.0 Å². The highest BCUT2D eigenvalue weighted by Gasteiger charge is 2.26. The fourth-order valence-electron chi connectivity index (χ4n) is 1.80. The minimum Gasteiger partial charge on any atom is -0.398 e. The van der Waals surface area contributed by atoms with Crippen LogP contribution in [0, 0.1) is 33.1 Å². The lowest BCUT2D eigenvalue weighted by Gasteiger charge is -2.20. The van der Waals surface area contributed by atoms with Crippen LogP contribution in [0.1, 0.15) is 16.7 Å². The molecule has 0 radical (unpaired) electrons. The number of benzene rings is 1. The summed E-state index contributed by atoms with van der Waals surface area (Å²) in [6.45, 7) is 5.36. The Morgan fingerprint density at radius 3 is 2.39 bits per heavy atom. The molecule has 0 aliphatic heterocycles. The molecule has 0 heterocycles. The van der Waals surface area contributed by atoms with Gasteiger partial charge in [-0.15, -0.1) is 6.42 Å². The van der Waals surface area contributed by atoms with Crippen molar-refractivity contribution in [1.82, 2.24) is 4.31 Å². The molecule has 0 aliphatic rings. The summed E-state index contributed by atoms with van der Waals surface area (Å²) in [5, 5.41) is 0. The van der Waals surface area contributed by atoms with E-state index in [1.807, 2.05) is 6.92 Å². The van der Waals surface area contributed by atoms with E-state index in [0.29, 0.717) is 16.8 Å². The summed E-state index contributed by atoms with van der Waals surface area (Å²) >= 11 is 0. The van der Waals surface area contributed by atoms with E-state index in [2.05, 4.69) is 5.92 Å². The van der Waals surface area contributed by atoms with Gasteiger partial charge in [0.25, 0.3) is 0 Å². The molecular weight excluding hydrogens is 248 g/mol. The maximum Gasteiger partial charge on any atom is 0.244 e. The Hall–Kier alpha value is -1.51. The average molecular weight is 266 g/mol. The normalized spacial score (nSPS) is 11.6. The smallest absolute Gasteiger partial charge is 0.244 e. The third kappa shape index (κ3) is 2.35. The molecular formula is C13H18N2O2S. The van der Waals surface area contributed by atoms with Crippen LogP contribution in [0.3, 0.4) is 0 Å². The van der Waals surface area contributed by atoms with E-state index in [9.17, 15) is 8.42 Å². The third-order valence-electron chi connectivity index (χ3n) is 3.06. The average Bonchev–Trinajstić information content (AvgIpc) is 2.26. The van der Waals surface area contributed by atoms with Gasteiger partial charge in [0, 0.05) is 12.7 Å². The Kier molecular flexibility index (Phi) is 4.05. The highest BCUT2D eigenvalue weighted by molar-refractivity contribution is 7.89.